The first kappa shape index (κ1) is 21.8. The van der Waals surface area contributed by atoms with Crippen molar-refractivity contribution in [3.05, 3.63) is 114 Å². The standard InChI is InChI=1S/C26H23N3O4/c1-32-21-14-12-19(13-15-21)18-28-25(30)24(23-11-7-17-33-23)29(20-8-3-2-4-9-20)26(31)22-10-5-6-16-27-22/h2-17,24H,18H2,1H3,(H,28,30)/t24-/m0/s1. The number of hydrogen-bond acceptors (Lipinski definition) is 5. The topological polar surface area (TPSA) is 84.7 Å². The van der Waals surface area contributed by atoms with Crippen molar-refractivity contribution in [1.82, 2.24) is 10.3 Å². The molecule has 0 aliphatic heterocycles. The van der Waals surface area contributed by atoms with E-state index in [1.54, 1.807) is 55.8 Å². The first-order valence-corrected chi connectivity index (χ1v) is 10.4. The minimum atomic E-state index is -1.03. The molecular formula is C26H23N3O4. The van der Waals surface area contributed by atoms with Crippen LogP contribution in [0.15, 0.2) is 102 Å². The molecule has 1 atom stereocenters. The summed E-state index contributed by atoms with van der Waals surface area (Å²) in [5.74, 6) is 0.279. The summed E-state index contributed by atoms with van der Waals surface area (Å²) in [5.41, 5.74) is 1.67. The van der Waals surface area contributed by atoms with Gasteiger partial charge in [-0.1, -0.05) is 36.4 Å². The van der Waals surface area contributed by atoms with Crippen LogP contribution in [0.25, 0.3) is 0 Å². The third kappa shape index (κ3) is 5.10. The molecular weight excluding hydrogens is 418 g/mol. The Morgan fingerprint density at radius 1 is 0.970 bits per heavy atom. The number of aromatic nitrogens is 1. The fourth-order valence-electron chi connectivity index (χ4n) is 3.43. The van der Waals surface area contributed by atoms with Crippen LogP contribution in [0.4, 0.5) is 5.69 Å². The van der Waals surface area contributed by atoms with Crippen molar-refractivity contribution in [2.75, 3.05) is 12.0 Å². The Balaban J connectivity index is 1.67. The van der Waals surface area contributed by atoms with Crippen LogP contribution < -0.4 is 15.0 Å². The monoisotopic (exact) mass is 441 g/mol. The number of rotatable bonds is 8. The van der Waals surface area contributed by atoms with Crippen LogP contribution in [0.1, 0.15) is 27.9 Å². The third-order valence-electron chi connectivity index (χ3n) is 5.08. The normalized spacial score (nSPS) is 11.4. The lowest BCUT2D eigenvalue weighted by Gasteiger charge is -2.29. The van der Waals surface area contributed by atoms with E-state index in [0.29, 0.717) is 11.4 Å². The van der Waals surface area contributed by atoms with Gasteiger partial charge in [0.15, 0.2) is 6.04 Å². The van der Waals surface area contributed by atoms with Gasteiger partial charge in [0, 0.05) is 18.4 Å². The van der Waals surface area contributed by atoms with E-state index in [-0.39, 0.29) is 18.1 Å². The highest BCUT2D eigenvalue weighted by atomic mass is 16.5. The van der Waals surface area contributed by atoms with Gasteiger partial charge >= 0.3 is 0 Å². The lowest BCUT2D eigenvalue weighted by atomic mass is 10.1. The highest BCUT2D eigenvalue weighted by Crippen LogP contribution is 2.29. The van der Waals surface area contributed by atoms with Crippen LogP contribution in [0.2, 0.25) is 0 Å². The first-order valence-electron chi connectivity index (χ1n) is 10.4. The number of ether oxygens (including phenoxy) is 1. The van der Waals surface area contributed by atoms with Crippen molar-refractivity contribution in [3.8, 4) is 5.75 Å². The van der Waals surface area contributed by atoms with Crippen LogP contribution in [0.5, 0.6) is 5.75 Å². The van der Waals surface area contributed by atoms with Gasteiger partial charge in [-0.05, 0) is 54.1 Å². The molecule has 7 nitrogen and oxygen atoms in total. The van der Waals surface area contributed by atoms with Gasteiger partial charge in [-0.3, -0.25) is 19.5 Å². The number of furan rings is 1. The van der Waals surface area contributed by atoms with Crippen LogP contribution in [-0.4, -0.2) is 23.9 Å². The minimum absolute atomic E-state index is 0.223. The maximum absolute atomic E-state index is 13.6. The van der Waals surface area contributed by atoms with Crippen molar-refractivity contribution in [2.45, 2.75) is 12.6 Å². The van der Waals surface area contributed by atoms with Gasteiger partial charge in [0.05, 0.1) is 13.4 Å². The minimum Gasteiger partial charge on any atom is -0.497 e. The molecule has 0 aliphatic rings. The average molecular weight is 441 g/mol. The van der Waals surface area contributed by atoms with E-state index in [4.69, 9.17) is 9.15 Å². The Labute approximate surface area is 191 Å². The van der Waals surface area contributed by atoms with Gasteiger partial charge in [-0.2, -0.15) is 0 Å². The molecule has 0 unspecified atom stereocenters. The SMILES string of the molecule is COc1ccc(CNC(=O)[C@H](c2ccco2)N(C(=O)c2ccccn2)c2ccccc2)cc1. The number of nitrogens with zero attached hydrogens (tertiary/aromatic N) is 2. The van der Waals surface area contributed by atoms with Gasteiger partial charge in [-0.15, -0.1) is 0 Å². The highest BCUT2D eigenvalue weighted by molar-refractivity contribution is 6.08. The molecule has 0 fully saturated rings. The number of methoxy groups -OCH3 is 1. The molecule has 2 aromatic heterocycles. The summed E-state index contributed by atoms with van der Waals surface area (Å²) in [4.78, 5) is 32.6. The van der Waals surface area contributed by atoms with Gasteiger partial charge < -0.3 is 14.5 Å². The number of amides is 2. The van der Waals surface area contributed by atoms with E-state index >= 15 is 0 Å². The van der Waals surface area contributed by atoms with Crippen LogP contribution in [0.3, 0.4) is 0 Å². The number of nitrogens with one attached hydrogen (secondary N) is 1. The number of benzene rings is 2. The number of pyridine rings is 1. The molecule has 2 aromatic carbocycles. The van der Waals surface area contributed by atoms with Gasteiger partial charge in [0.25, 0.3) is 11.8 Å². The van der Waals surface area contributed by atoms with E-state index < -0.39 is 11.9 Å². The van der Waals surface area contributed by atoms with Gasteiger partial charge in [-0.25, -0.2) is 0 Å². The Hall–Kier alpha value is -4.39. The van der Waals surface area contributed by atoms with Crippen LogP contribution >= 0.6 is 0 Å². The molecule has 1 N–H and O–H groups in total. The smallest absolute Gasteiger partial charge is 0.277 e. The maximum atomic E-state index is 13.6. The molecule has 7 heteroatoms. The first-order chi connectivity index (χ1) is 16.2. The molecule has 0 radical (unpaired) electrons. The molecule has 4 aromatic rings. The Morgan fingerprint density at radius 3 is 2.36 bits per heavy atom. The Morgan fingerprint density at radius 2 is 1.73 bits per heavy atom. The van der Waals surface area contributed by atoms with Gasteiger partial charge in [0.1, 0.15) is 17.2 Å². The molecule has 4 rings (SSSR count). The molecule has 2 amide bonds. The van der Waals surface area contributed by atoms with Crippen LogP contribution in [0, 0.1) is 0 Å². The fourth-order valence-corrected chi connectivity index (χ4v) is 3.43. The number of carbonyl (C=O) groups is 2. The summed E-state index contributed by atoms with van der Waals surface area (Å²) in [5, 5.41) is 2.93. The summed E-state index contributed by atoms with van der Waals surface area (Å²) in [6.07, 6.45) is 3.02. The van der Waals surface area contributed by atoms with Crippen molar-refractivity contribution < 1.29 is 18.7 Å². The molecule has 0 aliphatic carbocycles. The van der Waals surface area contributed by atoms with Crippen molar-refractivity contribution in [2.24, 2.45) is 0 Å². The lowest BCUT2D eigenvalue weighted by Crippen LogP contribution is -2.44. The quantitative estimate of drug-likeness (QED) is 0.438. The molecule has 0 saturated carbocycles. The molecule has 0 spiro atoms. The zero-order valence-electron chi connectivity index (χ0n) is 18.0. The second-order valence-corrected chi connectivity index (χ2v) is 7.21. The molecule has 0 bridgehead atoms. The van der Waals surface area contributed by atoms with Gasteiger partial charge in [0.2, 0.25) is 0 Å². The second kappa shape index (κ2) is 10.3. The fraction of sp³-hybridized carbons (Fsp3) is 0.115. The maximum Gasteiger partial charge on any atom is 0.277 e. The van der Waals surface area contributed by atoms with E-state index in [1.165, 1.54) is 11.2 Å². The zero-order chi connectivity index (χ0) is 23.0. The summed E-state index contributed by atoms with van der Waals surface area (Å²) < 4.78 is 10.8. The van der Waals surface area contributed by atoms with Crippen molar-refractivity contribution >= 4 is 17.5 Å². The average Bonchev–Trinajstić information content (AvgIpc) is 3.41. The van der Waals surface area contributed by atoms with E-state index in [0.717, 1.165) is 11.3 Å². The van der Waals surface area contributed by atoms with Crippen molar-refractivity contribution in [1.29, 1.82) is 0 Å². The summed E-state index contributed by atoms with van der Waals surface area (Å²) in [6, 6.07) is 23.8. The van der Waals surface area contributed by atoms with Crippen molar-refractivity contribution in [3.63, 3.8) is 0 Å². The number of anilines is 1. The zero-order valence-corrected chi connectivity index (χ0v) is 18.0. The van der Waals surface area contributed by atoms with E-state index in [2.05, 4.69) is 10.3 Å². The highest BCUT2D eigenvalue weighted by Gasteiger charge is 2.35. The summed E-state index contributed by atoms with van der Waals surface area (Å²) in [7, 11) is 1.60. The largest absolute Gasteiger partial charge is 0.497 e. The number of hydrogen-bond donors (Lipinski definition) is 1. The number of para-hydroxylation sites is 1. The Bertz CT molecular complexity index is 1180. The molecule has 2 heterocycles. The summed E-state index contributed by atoms with van der Waals surface area (Å²) >= 11 is 0. The van der Waals surface area contributed by atoms with E-state index in [1.807, 2.05) is 42.5 Å². The van der Waals surface area contributed by atoms with E-state index in [9.17, 15) is 9.59 Å². The molecule has 33 heavy (non-hydrogen) atoms. The second-order valence-electron chi connectivity index (χ2n) is 7.21. The molecule has 166 valence electrons. The Kier molecular flexibility index (Phi) is 6.80. The lowest BCUT2D eigenvalue weighted by molar-refractivity contribution is -0.123. The van der Waals surface area contributed by atoms with Crippen LogP contribution in [-0.2, 0) is 11.3 Å². The predicted molar refractivity (Wildman–Crippen MR) is 124 cm³/mol. The predicted octanol–water partition coefficient (Wildman–Crippen LogP) is 4.39. The number of carbonyl (C=O) groups excluding carboxylic acids is 2. The summed E-state index contributed by atoms with van der Waals surface area (Å²) in [6.45, 7) is 0.278. The third-order valence-corrected chi connectivity index (χ3v) is 5.08. The molecule has 0 saturated heterocycles.